The molecule has 1 aliphatic rings. The van der Waals surface area contributed by atoms with Crippen LogP contribution in [0.25, 0.3) is 22.4 Å². The minimum atomic E-state index is -4.46. The van der Waals surface area contributed by atoms with E-state index in [-0.39, 0.29) is 19.6 Å². The first-order valence-corrected chi connectivity index (χ1v) is 11.4. The SMILES string of the molecule is O=C(OCc1ccccc1)N1C[C@@H](Nc2ncccc2-c2cnc3[nH]ccc3n2)C[C@H](C(F)(F)F)C1. The average molecular weight is 496 g/mol. The molecule has 36 heavy (non-hydrogen) atoms. The molecule has 0 aliphatic carbocycles. The van der Waals surface area contributed by atoms with Gasteiger partial charge in [0.05, 0.1) is 17.8 Å². The lowest BCUT2D eigenvalue weighted by Gasteiger charge is -2.38. The number of aromatic amines is 1. The topological polar surface area (TPSA) is 96.0 Å². The first-order chi connectivity index (χ1) is 17.4. The molecule has 1 amide bonds. The number of rotatable bonds is 5. The van der Waals surface area contributed by atoms with Crippen LogP contribution in [0.15, 0.2) is 67.1 Å². The molecule has 0 radical (unpaired) electrons. The first kappa shape index (κ1) is 23.6. The van der Waals surface area contributed by atoms with Gasteiger partial charge in [-0.3, -0.25) is 0 Å². The maximum absolute atomic E-state index is 13.8. The summed E-state index contributed by atoms with van der Waals surface area (Å²) in [6.07, 6.45) is -0.607. The number of amides is 1. The Balaban J connectivity index is 1.35. The van der Waals surface area contributed by atoms with Gasteiger partial charge in [0.2, 0.25) is 0 Å². The van der Waals surface area contributed by atoms with Crippen molar-refractivity contribution < 1.29 is 22.7 Å². The van der Waals surface area contributed by atoms with E-state index < -0.39 is 30.8 Å². The third-order valence-corrected chi connectivity index (χ3v) is 6.06. The van der Waals surface area contributed by atoms with Gasteiger partial charge in [0.15, 0.2) is 5.65 Å². The fraction of sp³-hybridized carbons (Fsp3) is 0.280. The van der Waals surface area contributed by atoms with Crippen molar-refractivity contribution in [2.45, 2.75) is 25.2 Å². The predicted molar refractivity (Wildman–Crippen MR) is 127 cm³/mol. The summed E-state index contributed by atoms with van der Waals surface area (Å²) in [7, 11) is 0. The quantitative estimate of drug-likeness (QED) is 0.403. The fourth-order valence-corrected chi connectivity index (χ4v) is 4.28. The summed E-state index contributed by atoms with van der Waals surface area (Å²) in [5.74, 6) is -1.33. The highest BCUT2D eigenvalue weighted by atomic mass is 19.4. The lowest BCUT2D eigenvalue weighted by atomic mass is 9.93. The number of H-pyrrole nitrogens is 1. The van der Waals surface area contributed by atoms with E-state index in [0.29, 0.717) is 28.2 Å². The molecule has 0 bridgehead atoms. The third kappa shape index (κ3) is 5.24. The molecule has 4 heterocycles. The number of carbonyl (C=O) groups is 1. The number of hydrogen-bond donors (Lipinski definition) is 2. The van der Waals surface area contributed by atoms with Gasteiger partial charge in [0, 0.05) is 37.1 Å². The third-order valence-electron chi connectivity index (χ3n) is 6.06. The zero-order valence-corrected chi connectivity index (χ0v) is 19.1. The highest BCUT2D eigenvalue weighted by molar-refractivity contribution is 5.78. The zero-order chi connectivity index (χ0) is 25.1. The van der Waals surface area contributed by atoms with Crippen molar-refractivity contribution in [2.75, 3.05) is 18.4 Å². The van der Waals surface area contributed by atoms with E-state index in [1.54, 1.807) is 61.1 Å². The Bertz CT molecular complexity index is 1340. The maximum Gasteiger partial charge on any atom is 0.410 e. The molecular formula is C25H23F3N6O2. The molecule has 2 N–H and O–H groups in total. The lowest BCUT2D eigenvalue weighted by molar-refractivity contribution is -0.185. The van der Waals surface area contributed by atoms with Gasteiger partial charge in [-0.25, -0.2) is 19.7 Å². The van der Waals surface area contributed by atoms with Crippen molar-refractivity contribution in [2.24, 2.45) is 5.92 Å². The van der Waals surface area contributed by atoms with Gasteiger partial charge in [0.1, 0.15) is 17.9 Å². The molecule has 3 aromatic heterocycles. The Morgan fingerprint density at radius 1 is 1.11 bits per heavy atom. The average Bonchev–Trinajstić information content (AvgIpc) is 3.35. The summed E-state index contributed by atoms with van der Waals surface area (Å²) in [6.45, 7) is -0.436. The number of nitrogens with zero attached hydrogens (tertiary/aromatic N) is 4. The van der Waals surface area contributed by atoms with Crippen LogP contribution in [0.1, 0.15) is 12.0 Å². The number of alkyl halides is 3. The number of aromatic nitrogens is 4. The summed E-state index contributed by atoms with van der Waals surface area (Å²) >= 11 is 0. The second-order valence-corrected chi connectivity index (χ2v) is 8.63. The van der Waals surface area contributed by atoms with E-state index in [2.05, 4.69) is 25.3 Å². The van der Waals surface area contributed by atoms with Crippen LogP contribution in [0, 0.1) is 5.92 Å². The Kier molecular flexibility index (Phi) is 6.45. The monoisotopic (exact) mass is 496 g/mol. The number of piperidine rings is 1. The number of nitrogens with one attached hydrogen (secondary N) is 2. The predicted octanol–water partition coefficient (Wildman–Crippen LogP) is 5.02. The van der Waals surface area contributed by atoms with Gasteiger partial charge < -0.3 is 19.9 Å². The molecule has 186 valence electrons. The molecule has 0 saturated carbocycles. The number of halogens is 3. The molecule has 1 aliphatic heterocycles. The summed E-state index contributed by atoms with van der Waals surface area (Å²) in [6, 6.07) is 13.6. The number of likely N-dealkylation sites (tertiary alicyclic amines) is 1. The van der Waals surface area contributed by atoms with E-state index in [9.17, 15) is 18.0 Å². The number of benzene rings is 1. The second-order valence-electron chi connectivity index (χ2n) is 8.63. The second kappa shape index (κ2) is 9.84. The zero-order valence-electron chi connectivity index (χ0n) is 19.1. The molecule has 4 aromatic rings. The van der Waals surface area contributed by atoms with Crippen molar-refractivity contribution in [1.29, 1.82) is 0 Å². The number of ether oxygens (including phenoxy) is 1. The fourth-order valence-electron chi connectivity index (χ4n) is 4.28. The van der Waals surface area contributed by atoms with Crippen LogP contribution >= 0.6 is 0 Å². The Morgan fingerprint density at radius 3 is 2.75 bits per heavy atom. The number of hydrogen-bond acceptors (Lipinski definition) is 6. The van der Waals surface area contributed by atoms with Gasteiger partial charge >= 0.3 is 12.3 Å². The molecule has 5 rings (SSSR count). The summed E-state index contributed by atoms with van der Waals surface area (Å²) in [4.78, 5) is 30.0. The van der Waals surface area contributed by atoms with Crippen LogP contribution in [0.5, 0.6) is 0 Å². The van der Waals surface area contributed by atoms with Crippen LogP contribution in [-0.2, 0) is 11.3 Å². The molecule has 8 nitrogen and oxygen atoms in total. The number of fused-ring (bicyclic) bond motifs is 1. The van der Waals surface area contributed by atoms with E-state index >= 15 is 0 Å². The molecule has 0 spiro atoms. The van der Waals surface area contributed by atoms with Gasteiger partial charge in [-0.15, -0.1) is 0 Å². The molecule has 11 heteroatoms. The summed E-state index contributed by atoms with van der Waals surface area (Å²) in [5, 5.41) is 3.11. The van der Waals surface area contributed by atoms with Crippen molar-refractivity contribution in [3.8, 4) is 11.3 Å². The van der Waals surface area contributed by atoms with Crippen molar-refractivity contribution in [3.63, 3.8) is 0 Å². The van der Waals surface area contributed by atoms with Crippen LogP contribution in [-0.4, -0.2) is 56.2 Å². The Hall–Kier alpha value is -4.15. The van der Waals surface area contributed by atoms with Gasteiger partial charge in [-0.2, -0.15) is 13.2 Å². The number of anilines is 1. The van der Waals surface area contributed by atoms with Crippen LogP contribution in [0.4, 0.5) is 23.8 Å². The molecule has 0 unspecified atom stereocenters. The normalized spacial score (nSPS) is 18.2. The molecule has 2 atom stereocenters. The first-order valence-electron chi connectivity index (χ1n) is 11.4. The van der Waals surface area contributed by atoms with Crippen LogP contribution in [0.2, 0.25) is 0 Å². The smallest absolute Gasteiger partial charge is 0.410 e. The number of carbonyl (C=O) groups excluding carboxylic acids is 1. The lowest BCUT2D eigenvalue weighted by Crippen LogP contribution is -2.52. The molecule has 1 fully saturated rings. The Labute approximate surface area is 204 Å². The van der Waals surface area contributed by atoms with E-state index in [1.807, 2.05) is 6.07 Å². The molecular weight excluding hydrogens is 473 g/mol. The van der Waals surface area contributed by atoms with Crippen molar-refractivity contribution >= 4 is 23.1 Å². The molecule has 1 aromatic carbocycles. The van der Waals surface area contributed by atoms with E-state index in [4.69, 9.17) is 4.74 Å². The maximum atomic E-state index is 13.8. The highest BCUT2D eigenvalue weighted by Crippen LogP contribution is 2.35. The van der Waals surface area contributed by atoms with Gasteiger partial charge in [0.25, 0.3) is 0 Å². The van der Waals surface area contributed by atoms with E-state index in [1.165, 1.54) is 0 Å². The van der Waals surface area contributed by atoms with Crippen LogP contribution < -0.4 is 5.32 Å². The Morgan fingerprint density at radius 2 is 1.94 bits per heavy atom. The minimum Gasteiger partial charge on any atom is -0.445 e. The summed E-state index contributed by atoms with van der Waals surface area (Å²) < 4.78 is 46.6. The highest BCUT2D eigenvalue weighted by Gasteiger charge is 2.46. The molecule has 1 saturated heterocycles. The van der Waals surface area contributed by atoms with Crippen molar-refractivity contribution in [3.05, 3.63) is 72.7 Å². The number of pyridine rings is 1. The van der Waals surface area contributed by atoms with Gasteiger partial charge in [-0.1, -0.05) is 30.3 Å². The standard InChI is InChI=1S/C25H23F3N6O2/c26-25(27,28)17-11-18(14-34(13-17)24(35)36-15-16-5-2-1-3-6-16)32-22-19(7-4-9-29-22)21-12-31-23-20(33-21)8-10-30-23/h1-10,12,17-18H,11,13-15H2,(H,29,32)(H,30,31)/t17-,18-/m0/s1. The minimum absolute atomic E-state index is 0.0182. The van der Waals surface area contributed by atoms with Crippen molar-refractivity contribution in [1.82, 2.24) is 24.8 Å². The van der Waals surface area contributed by atoms with E-state index in [0.717, 1.165) is 10.5 Å². The largest absolute Gasteiger partial charge is 0.445 e. The van der Waals surface area contributed by atoms with Gasteiger partial charge in [-0.05, 0) is 30.2 Å². The summed E-state index contributed by atoms with van der Waals surface area (Å²) in [5.41, 5.74) is 3.16. The van der Waals surface area contributed by atoms with Crippen LogP contribution in [0.3, 0.4) is 0 Å².